The highest BCUT2D eigenvalue weighted by Crippen LogP contribution is 2.34. The number of aliphatic hydroxyl groups excluding tert-OH is 1. The van der Waals surface area contributed by atoms with Gasteiger partial charge in [-0.2, -0.15) is 0 Å². The minimum absolute atomic E-state index is 0.0552. The summed E-state index contributed by atoms with van der Waals surface area (Å²) in [5.74, 6) is -0.462. The van der Waals surface area contributed by atoms with Gasteiger partial charge >= 0.3 is 0 Å². The smallest absolute Gasteiger partial charge is 0.143 e. The van der Waals surface area contributed by atoms with Crippen LogP contribution in [0.5, 0.6) is 0 Å². The number of aliphatic hydroxyl groups is 1. The van der Waals surface area contributed by atoms with Gasteiger partial charge in [0.15, 0.2) is 0 Å². The molecule has 18 heavy (non-hydrogen) atoms. The molecular formula is C13H17ClFNO2. The van der Waals surface area contributed by atoms with E-state index >= 15 is 0 Å². The molecule has 1 aromatic rings. The van der Waals surface area contributed by atoms with Gasteiger partial charge in [0.2, 0.25) is 0 Å². The highest BCUT2D eigenvalue weighted by atomic mass is 35.5. The molecule has 3 nitrogen and oxygen atoms in total. The van der Waals surface area contributed by atoms with Crippen LogP contribution in [0.2, 0.25) is 5.02 Å². The largest absolute Gasteiger partial charge is 0.392 e. The molecular weight excluding hydrogens is 257 g/mol. The molecule has 1 aliphatic rings. The van der Waals surface area contributed by atoms with E-state index < -0.39 is 5.82 Å². The van der Waals surface area contributed by atoms with Crippen LogP contribution >= 0.6 is 11.6 Å². The molecule has 0 unspecified atom stereocenters. The van der Waals surface area contributed by atoms with Gasteiger partial charge in [0, 0.05) is 18.7 Å². The number of anilines is 1. The predicted molar refractivity (Wildman–Crippen MR) is 69.6 cm³/mol. The Morgan fingerprint density at radius 2 is 2.00 bits per heavy atom. The summed E-state index contributed by atoms with van der Waals surface area (Å²) < 4.78 is 19.2. The van der Waals surface area contributed by atoms with Gasteiger partial charge in [-0.1, -0.05) is 17.7 Å². The average Bonchev–Trinajstić information content (AvgIpc) is 2.31. The zero-order valence-corrected chi connectivity index (χ0v) is 11.2. The molecule has 1 N–H and O–H groups in total. The lowest BCUT2D eigenvalue weighted by atomic mass is 10.1. The summed E-state index contributed by atoms with van der Waals surface area (Å²) in [6.07, 6.45) is 0.110. The van der Waals surface area contributed by atoms with E-state index in [0.29, 0.717) is 24.3 Å². The monoisotopic (exact) mass is 273 g/mol. The molecule has 0 aliphatic carbocycles. The van der Waals surface area contributed by atoms with Crippen molar-refractivity contribution in [3.05, 3.63) is 28.5 Å². The molecule has 2 rings (SSSR count). The van der Waals surface area contributed by atoms with E-state index in [-0.39, 0.29) is 23.8 Å². The Balaban J connectivity index is 2.39. The number of morpholine rings is 1. The second-order valence-corrected chi connectivity index (χ2v) is 5.07. The molecule has 0 amide bonds. The fourth-order valence-corrected chi connectivity index (χ4v) is 2.71. The van der Waals surface area contributed by atoms with Gasteiger partial charge in [0.1, 0.15) is 5.82 Å². The van der Waals surface area contributed by atoms with Gasteiger partial charge in [0.05, 0.1) is 29.5 Å². The lowest BCUT2D eigenvalue weighted by molar-refractivity contribution is -0.00532. The van der Waals surface area contributed by atoms with Crippen LogP contribution in [0.15, 0.2) is 12.1 Å². The van der Waals surface area contributed by atoms with Crippen LogP contribution < -0.4 is 4.90 Å². The molecule has 5 heteroatoms. The van der Waals surface area contributed by atoms with Gasteiger partial charge < -0.3 is 14.7 Å². The summed E-state index contributed by atoms with van der Waals surface area (Å²) in [5.41, 5.74) is 1.23. The SMILES string of the molecule is C[C@@H]1CN(c2c(CO)ccc(F)c2Cl)C[C@H](C)O1. The lowest BCUT2D eigenvalue weighted by Crippen LogP contribution is -2.46. The highest BCUT2D eigenvalue weighted by molar-refractivity contribution is 6.33. The first-order valence-electron chi connectivity index (χ1n) is 6.01. The molecule has 100 valence electrons. The van der Waals surface area contributed by atoms with Gasteiger partial charge in [0.25, 0.3) is 0 Å². The number of hydrogen-bond acceptors (Lipinski definition) is 3. The Kier molecular flexibility index (Phi) is 4.10. The van der Waals surface area contributed by atoms with E-state index in [0.717, 1.165) is 0 Å². The Morgan fingerprint density at radius 3 is 2.56 bits per heavy atom. The number of ether oxygens (including phenoxy) is 1. The van der Waals surface area contributed by atoms with Crippen LogP contribution in [0.1, 0.15) is 19.4 Å². The predicted octanol–water partition coefficient (Wildman–Crippen LogP) is 2.59. The number of hydrogen-bond donors (Lipinski definition) is 1. The van der Waals surface area contributed by atoms with Crippen molar-refractivity contribution in [1.82, 2.24) is 0 Å². The molecule has 1 aliphatic heterocycles. The van der Waals surface area contributed by atoms with E-state index in [4.69, 9.17) is 16.3 Å². The summed E-state index contributed by atoms with van der Waals surface area (Å²) in [6.45, 7) is 5.06. The molecule has 0 radical (unpaired) electrons. The number of nitrogens with zero attached hydrogens (tertiary/aromatic N) is 1. The van der Waals surface area contributed by atoms with Crippen molar-refractivity contribution in [2.24, 2.45) is 0 Å². The molecule has 1 saturated heterocycles. The first-order valence-corrected chi connectivity index (χ1v) is 6.39. The summed E-state index contributed by atoms with van der Waals surface area (Å²) in [6, 6.07) is 2.85. The lowest BCUT2D eigenvalue weighted by Gasteiger charge is -2.38. The van der Waals surface area contributed by atoms with Gasteiger partial charge in [-0.05, 0) is 19.9 Å². The van der Waals surface area contributed by atoms with Crippen LogP contribution in [0.4, 0.5) is 10.1 Å². The maximum absolute atomic E-state index is 13.6. The van der Waals surface area contributed by atoms with Gasteiger partial charge in [-0.25, -0.2) is 4.39 Å². The normalized spacial score (nSPS) is 24.4. The van der Waals surface area contributed by atoms with Crippen molar-refractivity contribution in [1.29, 1.82) is 0 Å². The first kappa shape index (κ1) is 13.6. The van der Waals surface area contributed by atoms with Crippen LogP contribution in [0, 0.1) is 5.82 Å². The van der Waals surface area contributed by atoms with E-state index in [1.807, 2.05) is 18.7 Å². The molecule has 1 aromatic carbocycles. The maximum atomic E-state index is 13.6. The molecule has 0 spiro atoms. The average molecular weight is 274 g/mol. The minimum Gasteiger partial charge on any atom is -0.392 e. The second-order valence-electron chi connectivity index (χ2n) is 4.69. The van der Waals surface area contributed by atoms with Crippen molar-refractivity contribution in [2.45, 2.75) is 32.7 Å². The topological polar surface area (TPSA) is 32.7 Å². The van der Waals surface area contributed by atoms with E-state index in [1.165, 1.54) is 6.07 Å². The highest BCUT2D eigenvalue weighted by Gasteiger charge is 2.26. The zero-order chi connectivity index (χ0) is 13.3. The van der Waals surface area contributed by atoms with Crippen molar-refractivity contribution >= 4 is 17.3 Å². The van der Waals surface area contributed by atoms with Crippen LogP contribution in [-0.4, -0.2) is 30.4 Å². The van der Waals surface area contributed by atoms with Crippen LogP contribution in [0.25, 0.3) is 0 Å². The van der Waals surface area contributed by atoms with Crippen molar-refractivity contribution in [3.63, 3.8) is 0 Å². The van der Waals surface area contributed by atoms with Crippen LogP contribution in [-0.2, 0) is 11.3 Å². The maximum Gasteiger partial charge on any atom is 0.143 e. The molecule has 0 saturated carbocycles. The van der Waals surface area contributed by atoms with E-state index in [1.54, 1.807) is 6.07 Å². The van der Waals surface area contributed by atoms with E-state index in [9.17, 15) is 9.50 Å². The quantitative estimate of drug-likeness (QED) is 0.899. The Morgan fingerprint density at radius 1 is 1.39 bits per heavy atom. The summed E-state index contributed by atoms with van der Waals surface area (Å²) in [7, 11) is 0. The third-order valence-electron chi connectivity index (χ3n) is 3.06. The zero-order valence-electron chi connectivity index (χ0n) is 10.5. The Bertz CT molecular complexity index is 431. The summed E-state index contributed by atoms with van der Waals surface area (Å²) >= 11 is 6.04. The fourth-order valence-electron chi connectivity index (χ4n) is 2.41. The second kappa shape index (κ2) is 5.43. The first-order chi connectivity index (χ1) is 8.52. The number of halogens is 2. The van der Waals surface area contributed by atoms with Crippen LogP contribution in [0.3, 0.4) is 0 Å². The van der Waals surface area contributed by atoms with Gasteiger partial charge in [-0.15, -0.1) is 0 Å². The molecule has 0 aromatic heterocycles. The Labute approximate surface area is 111 Å². The van der Waals surface area contributed by atoms with Gasteiger partial charge in [-0.3, -0.25) is 0 Å². The molecule has 2 atom stereocenters. The summed E-state index contributed by atoms with van der Waals surface area (Å²) in [4.78, 5) is 1.98. The number of rotatable bonds is 2. The summed E-state index contributed by atoms with van der Waals surface area (Å²) in [5, 5.41) is 9.43. The minimum atomic E-state index is -0.462. The Hall–Kier alpha value is -0.840. The third-order valence-corrected chi connectivity index (χ3v) is 3.42. The number of benzene rings is 1. The molecule has 1 heterocycles. The standard InChI is InChI=1S/C13H17ClFNO2/c1-8-5-16(6-9(2)18-8)13-10(7-17)3-4-11(15)12(13)14/h3-4,8-9,17H,5-7H2,1-2H3/t8-,9+. The molecule has 1 fully saturated rings. The fraction of sp³-hybridized carbons (Fsp3) is 0.538. The van der Waals surface area contributed by atoms with E-state index in [2.05, 4.69) is 0 Å². The van der Waals surface area contributed by atoms with Crippen molar-refractivity contribution < 1.29 is 14.2 Å². The van der Waals surface area contributed by atoms with Crippen molar-refractivity contribution in [3.8, 4) is 0 Å². The third kappa shape index (κ3) is 2.60. The van der Waals surface area contributed by atoms with Crippen molar-refractivity contribution in [2.75, 3.05) is 18.0 Å². The molecule has 0 bridgehead atoms.